The molecule has 0 radical (unpaired) electrons. The lowest BCUT2D eigenvalue weighted by molar-refractivity contribution is 0.385. The van der Waals surface area contributed by atoms with Crippen molar-refractivity contribution in [2.75, 3.05) is 5.73 Å². The zero-order chi connectivity index (χ0) is 11.4. The van der Waals surface area contributed by atoms with Gasteiger partial charge in [-0.2, -0.15) is 4.98 Å². The van der Waals surface area contributed by atoms with E-state index in [-0.39, 0.29) is 0 Å². The molecule has 2 N–H and O–H groups in total. The van der Waals surface area contributed by atoms with Crippen LogP contribution in [0.1, 0.15) is 18.6 Å². The number of hydrogen-bond donors (Lipinski definition) is 1. The van der Waals surface area contributed by atoms with E-state index in [9.17, 15) is 0 Å². The largest absolute Gasteiger partial charge is 0.399 e. The Hall–Kier alpha value is -1.49. The molecular formula is C11H13N3OS. The molecule has 0 aliphatic heterocycles. The highest BCUT2D eigenvalue weighted by Crippen LogP contribution is 2.23. The van der Waals surface area contributed by atoms with Crippen LogP contribution in [0.3, 0.4) is 0 Å². The Morgan fingerprint density at radius 3 is 3.00 bits per heavy atom. The van der Waals surface area contributed by atoms with Gasteiger partial charge in [-0.1, -0.05) is 18.1 Å². The fraction of sp³-hybridized carbons (Fsp3) is 0.273. The molecule has 84 valence electrons. The van der Waals surface area contributed by atoms with Crippen LogP contribution in [0.15, 0.2) is 33.7 Å². The van der Waals surface area contributed by atoms with Gasteiger partial charge in [-0.05, 0) is 18.2 Å². The highest BCUT2D eigenvalue weighted by atomic mass is 32.2. The van der Waals surface area contributed by atoms with Crippen LogP contribution in [-0.4, -0.2) is 10.1 Å². The number of nitrogens with two attached hydrogens (primary N) is 1. The van der Waals surface area contributed by atoms with Crippen LogP contribution in [-0.2, 0) is 12.2 Å². The first-order valence-electron chi connectivity index (χ1n) is 5.07. The third-order valence-electron chi connectivity index (χ3n) is 2.05. The van der Waals surface area contributed by atoms with E-state index >= 15 is 0 Å². The summed E-state index contributed by atoms with van der Waals surface area (Å²) in [7, 11) is 0. The average molecular weight is 235 g/mol. The van der Waals surface area contributed by atoms with Gasteiger partial charge < -0.3 is 10.3 Å². The van der Waals surface area contributed by atoms with Crippen molar-refractivity contribution in [2.45, 2.75) is 24.0 Å². The SMILES string of the molecule is CCc1noc(CSc2cccc(N)c2)n1. The van der Waals surface area contributed by atoms with Gasteiger partial charge in [-0.15, -0.1) is 11.8 Å². The lowest BCUT2D eigenvalue weighted by Gasteiger charge is -1.99. The van der Waals surface area contributed by atoms with Crippen molar-refractivity contribution in [3.05, 3.63) is 36.0 Å². The van der Waals surface area contributed by atoms with Crippen LogP contribution in [0.5, 0.6) is 0 Å². The van der Waals surface area contributed by atoms with Crippen LogP contribution in [0.4, 0.5) is 5.69 Å². The summed E-state index contributed by atoms with van der Waals surface area (Å²) in [6, 6.07) is 7.74. The first-order valence-corrected chi connectivity index (χ1v) is 6.06. The zero-order valence-electron chi connectivity index (χ0n) is 9.01. The number of rotatable bonds is 4. The Balaban J connectivity index is 1.96. The summed E-state index contributed by atoms with van der Waals surface area (Å²) < 4.78 is 5.09. The highest BCUT2D eigenvalue weighted by Gasteiger charge is 2.05. The summed E-state index contributed by atoms with van der Waals surface area (Å²) in [6.07, 6.45) is 0.798. The van der Waals surface area contributed by atoms with Gasteiger partial charge in [0.2, 0.25) is 5.89 Å². The van der Waals surface area contributed by atoms with Crippen molar-refractivity contribution < 1.29 is 4.52 Å². The number of benzene rings is 1. The Kier molecular flexibility index (Phi) is 3.46. The third-order valence-corrected chi connectivity index (χ3v) is 3.03. The zero-order valence-corrected chi connectivity index (χ0v) is 9.83. The van der Waals surface area contributed by atoms with Gasteiger partial charge in [0.1, 0.15) is 0 Å². The Bertz CT molecular complexity index is 470. The average Bonchev–Trinajstić information content (AvgIpc) is 2.74. The highest BCUT2D eigenvalue weighted by molar-refractivity contribution is 7.98. The number of thioether (sulfide) groups is 1. The normalized spacial score (nSPS) is 10.6. The number of aryl methyl sites for hydroxylation is 1. The predicted molar refractivity (Wildman–Crippen MR) is 64.1 cm³/mol. The molecule has 0 unspecified atom stereocenters. The fourth-order valence-electron chi connectivity index (χ4n) is 1.24. The molecule has 0 atom stereocenters. The minimum atomic E-state index is 0.657. The van der Waals surface area contributed by atoms with Crippen molar-refractivity contribution in [2.24, 2.45) is 0 Å². The molecule has 5 heteroatoms. The smallest absolute Gasteiger partial charge is 0.237 e. The second-order valence-corrected chi connectivity index (χ2v) is 4.37. The standard InChI is InChI=1S/C11H13N3OS/c1-2-10-13-11(15-14-10)7-16-9-5-3-4-8(12)6-9/h3-6H,2,7,12H2,1H3. The molecule has 0 bridgehead atoms. The van der Waals surface area contributed by atoms with E-state index in [1.807, 2.05) is 31.2 Å². The van der Waals surface area contributed by atoms with Crippen molar-refractivity contribution in [3.63, 3.8) is 0 Å². The molecule has 2 aromatic rings. The third kappa shape index (κ3) is 2.76. The van der Waals surface area contributed by atoms with E-state index in [0.717, 1.165) is 22.8 Å². The minimum Gasteiger partial charge on any atom is -0.399 e. The number of nitrogens with zero attached hydrogens (tertiary/aromatic N) is 2. The fourth-order valence-corrected chi connectivity index (χ4v) is 2.04. The van der Waals surface area contributed by atoms with Crippen molar-refractivity contribution in [1.82, 2.24) is 10.1 Å². The number of hydrogen-bond acceptors (Lipinski definition) is 5. The van der Waals surface area contributed by atoms with Crippen molar-refractivity contribution in [3.8, 4) is 0 Å². The topological polar surface area (TPSA) is 64.9 Å². The molecule has 0 aliphatic carbocycles. The van der Waals surface area contributed by atoms with Crippen LogP contribution >= 0.6 is 11.8 Å². The van der Waals surface area contributed by atoms with Crippen LogP contribution < -0.4 is 5.73 Å². The molecule has 0 saturated heterocycles. The molecule has 0 spiro atoms. The minimum absolute atomic E-state index is 0.657. The van der Waals surface area contributed by atoms with Gasteiger partial charge in [-0.3, -0.25) is 0 Å². The molecule has 0 aliphatic rings. The van der Waals surface area contributed by atoms with Gasteiger partial charge in [0.05, 0.1) is 5.75 Å². The number of aromatic nitrogens is 2. The van der Waals surface area contributed by atoms with Crippen LogP contribution in [0.2, 0.25) is 0 Å². The second-order valence-electron chi connectivity index (χ2n) is 3.32. The molecule has 16 heavy (non-hydrogen) atoms. The lowest BCUT2D eigenvalue weighted by atomic mass is 10.3. The second kappa shape index (κ2) is 5.03. The number of nitrogen functional groups attached to an aromatic ring is 1. The maximum Gasteiger partial charge on any atom is 0.237 e. The van der Waals surface area contributed by atoms with Gasteiger partial charge in [0.25, 0.3) is 0 Å². The van der Waals surface area contributed by atoms with E-state index in [4.69, 9.17) is 10.3 Å². The molecular weight excluding hydrogens is 222 g/mol. The maximum atomic E-state index is 5.69. The molecule has 1 aromatic carbocycles. The maximum absolute atomic E-state index is 5.69. The van der Waals surface area contributed by atoms with E-state index in [1.165, 1.54) is 0 Å². The van der Waals surface area contributed by atoms with Gasteiger partial charge in [-0.25, -0.2) is 0 Å². The van der Waals surface area contributed by atoms with E-state index < -0.39 is 0 Å². The molecule has 1 aromatic heterocycles. The van der Waals surface area contributed by atoms with E-state index in [0.29, 0.717) is 11.6 Å². The summed E-state index contributed by atoms with van der Waals surface area (Å²) in [5, 5.41) is 3.84. The molecule has 4 nitrogen and oxygen atoms in total. The first kappa shape index (κ1) is 11.0. The Morgan fingerprint density at radius 1 is 1.44 bits per heavy atom. The lowest BCUT2D eigenvalue weighted by Crippen LogP contribution is -1.86. The first-order chi connectivity index (χ1) is 7.78. The summed E-state index contributed by atoms with van der Waals surface area (Å²) in [5.41, 5.74) is 6.46. The summed E-state index contributed by atoms with van der Waals surface area (Å²) in [6.45, 7) is 2.00. The van der Waals surface area contributed by atoms with Crippen molar-refractivity contribution in [1.29, 1.82) is 0 Å². The molecule has 2 rings (SSSR count). The summed E-state index contributed by atoms with van der Waals surface area (Å²) in [5.74, 6) is 2.09. The molecule has 0 fully saturated rings. The summed E-state index contributed by atoms with van der Waals surface area (Å²) >= 11 is 1.64. The van der Waals surface area contributed by atoms with E-state index in [1.54, 1.807) is 11.8 Å². The van der Waals surface area contributed by atoms with E-state index in [2.05, 4.69) is 10.1 Å². The van der Waals surface area contributed by atoms with Crippen LogP contribution in [0, 0.1) is 0 Å². The number of anilines is 1. The summed E-state index contributed by atoms with van der Waals surface area (Å²) in [4.78, 5) is 5.34. The Labute approximate surface area is 98.2 Å². The monoisotopic (exact) mass is 235 g/mol. The van der Waals surface area contributed by atoms with Gasteiger partial charge >= 0.3 is 0 Å². The predicted octanol–water partition coefficient (Wildman–Crippen LogP) is 2.51. The Morgan fingerprint density at radius 2 is 2.31 bits per heavy atom. The molecule has 0 amide bonds. The van der Waals surface area contributed by atoms with Gasteiger partial charge in [0, 0.05) is 17.0 Å². The van der Waals surface area contributed by atoms with Crippen LogP contribution in [0.25, 0.3) is 0 Å². The van der Waals surface area contributed by atoms with Crippen molar-refractivity contribution >= 4 is 17.4 Å². The van der Waals surface area contributed by atoms with Gasteiger partial charge in [0.15, 0.2) is 5.82 Å². The quantitative estimate of drug-likeness (QED) is 0.651. The molecule has 0 saturated carbocycles. The molecule has 1 heterocycles.